The summed E-state index contributed by atoms with van der Waals surface area (Å²) in [5, 5.41) is 13.2. The Labute approximate surface area is 199 Å². The van der Waals surface area contributed by atoms with Crippen LogP contribution >= 0.6 is 0 Å². The molecule has 2 aromatic carbocycles. The fourth-order valence-corrected chi connectivity index (χ4v) is 4.63. The Bertz CT molecular complexity index is 1070. The number of hydrogen-bond donors (Lipinski definition) is 3. The molecule has 7 nitrogen and oxygen atoms in total. The number of rotatable bonds is 8. The smallest absolute Gasteiger partial charge is 0.408 e. The minimum absolute atomic E-state index is 0.0989. The molecule has 0 spiro atoms. The zero-order valence-electron chi connectivity index (χ0n) is 18.7. The van der Waals surface area contributed by atoms with Gasteiger partial charge in [-0.3, -0.25) is 9.59 Å². The molecule has 186 valence electrons. The SMILES string of the molecule is O=C(O)CC[C@H](NC(=O)C1CC(NC(=O)OCC2c3ccccc3-c3ccccc32)C1)C(F)(F)F. The molecule has 1 fully saturated rings. The third-order valence-corrected chi connectivity index (χ3v) is 6.53. The number of nitrogens with one attached hydrogen (secondary N) is 2. The van der Waals surface area contributed by atoms with Crippen molar-refractivity contribution in [2.75, 3.05) is 6.61 Å². The molecule has 2 aromatic rings. The van der Waals surface area contributed by atoms with E-state index >= 15 is 0 Å². The van der Waals surface area contributed by atoms with Crippen LogP contribution in [0.15, 0.2) is 48.5 Å². The lowest BCUT2D eigenvalue weighted by atomic mass is 9.79. The Morgan fingerprint density at radius 2 is 1.57 bits per heavy atom. The molecule has 0 radical (unpaired) electrons. The van der Waals surface area contributed by atoms with Crippen molar-refractivity contribution in [1.82, 2.24) is 10.6 Å². The lowest BCUT2D eigenvalue weighted by molar-refractivity contribution is -0.166. The standard InChI is InChI=1S/C25H25F3N2O5/c26-25(27,28)21(9-10-22(31)32)30-23(33)14-11-15(12-14)29-24(34)35-13-20-18-7-3-1-5-16(18)17-6-2-4-8-19(17)20/h1-8,14-15,20-21H,9-13H2,(H,29,34)(H,30,33)(H,31,32)/t14?,15?,21-/m0/s1. The lowest BCUT2D eigenvalue weighted by Gasteiger charge is -2.35. The van der Waals surface area contributed by atoms with Crippen LogP contribution in [0.25, 0.3) is 11.1 Å². The van der Waals surface area contributed by atoms with Crippen LogP contribution in [0.3, 0.4) is 0 Å². The van der Waals surface area contributed by atoms with E-state index in [1.807, 2.05) is 53.8 Å². The first-order valence-corrected chi connectivity index (χ1v) is 11.3. The van der Waals surface area contributed by atoms with Gasteiger partial charge in [0.15, 0.2) is 0 Å². The number of alkyl carbamates (subject to hydrolysis) is 1. The van der Waals surface area contributed by atoms with E-state index in [0.29, 0.717) is 0 Å². The van der Waals surface area contributed by atoms with Crippen LogP contribution in [0.5, 0.6) is 0 Å². The molecule has 0 bridgehead atoms. The van der Waals surface area contributed by atoms with Crippen LogP contribution in [-0.2, 0) is 14.3 Å². The van der Waals surface area contributed by atoms with Crippen LogP contribution in [0, 0.1) is 5.92 Å². The number of carbonyl (C=O) groups is 3. The van der Waals surface area contributed by atoms with Crippen LogP contribution in [0.1, 0.15) is 42.7 Å². The number of alkyl halides is 3. The highest BCUT2D eigenvalue weighted by atomic mass is 19.4. The number of carboxylic acids is 1. The van der Waals surface area contributed by atoms with Gasteiger partial charge in [-0.25, -0.2) is 4.79 Å². The zero-order valence-corrected chi connectivity index (χ0v) is 18.7. The molecule has 3 N–H and O–H groups in total. The van der Waals surface area contributed by atoms with E-state index in [1.54, 1.807) is 0 Å². The van der Waals surface area contributed by atoms with Crippen molar-refractivity contribution in [2.45, 2.75) is 49.9 Å². The van der Waals surface area contributed by atoms with Gasteiger partial charge in [0.1, 0.15) is 12.6 Å². The Balaban J connectivity index is 1.25. The third kappa shape index (κ3) is 5.58. The number of amides is 2. The molecule has 2 aliphatic rings. The highest BCUT2D eigenvalue weighted by Crippen LogP contribution is 2.44. The van der Waals surface area contributed by atoms with Gasteiger partial charge < -0.3 is 20.5 Å². The number of hydrogen-bond acceptors (Lipinski definition) is 4. The summed E-state index contributed by atoms with van der Waals surface area (Å²) in [6, 6.07) is 13.2. The number of carboxylic acid groups (broad SMARTS) is 1. The maximum absolute atomic E-state index is 13.1. The number of ether oxygens (including phenoxy) is 1. The second kappa shape index (κ2) is 9.97. The second-order valence-corrected chi connectivity index (χ2v) is 8.87. The van der Waals surface area contributed by atoms with E-state index in [1.165, 1.54) is 0 Å². The van der Waals surface area contributed by atoms with Crippen molar-refractivity contribution in [3.05, 3.63) is 59.7 Å². The van der Waals surface area contributed by atoms with Gasteiger partial charge in [-0.05, 0) is 41.5 Å². The first kappa shape index (κ1) is 24.6. The van der Waals surface area contributed by atoms with Gasteiger partial charge in [-0.2, -0.15) is 13.2 Å². The molecule has 4 rings (SSSR count). The van der Waals surface area contributed by atoms with Gasteiger partial charge in [-0.1, -0.05) is 48.5 Å². The maximum Gasteiger partial charge on any atom is 0.408 e. The van der Waals surface area contributed by atoms with Gasteiger partial charge in [0.2, 0.25) is 5.91 Å². The van der Waals surface area contributed by atoms with Crippen LogP contribution in [0.4, 0.5) is 18.0 Å². The Morgan fingerprint density at radius 3 is 2.11 bits per heavy atom. The first-order chi connectivity index (χ1) is 16.6. The minimum Gasteiger partial charge on any atom is -0.481 e. The number of halogens is 3. The zero-order chi connectivity index (χ0) is 25.2. The number of aliphatic carboxylic acids is 1. The van der Waals surface area contributed by atoms with Gasteiger partial charge in [0, 0.05) is 24.3 Å². The molecule has 0 aliphatic heterocycles. The van der Waals surface area contributed by atoms with Gasteiger partial charge in [-0.15, -0.1) is 0 Å². The quantitative estimate of drug-likeness (QED) is 0.514. The van der Waals surface area contributed by atoms with E-state index < -0.39 is 48.9 Å². The second-order valence-electron chi connectivity index (χ2n) is 8.87. The Morgan fingerprint density at radius 1 is 1.00 bits per heavy atom. The molecule has 0 unspecified atom stereocenters. The summed E-state index contributed by atoms with van der Waals surface area (Å²) >= 11 is 0. The van der Waals surface area contributed by atoms with E-state index in [-0.39, 0.29) is 31.4 Å². The molecule has 10 heteroatoms. The third-order valence-electron chi connectivity index (χ3n) is 6.53. The maximum atomic E-state index is 13.1. The number of fused-ring (bicyclic) bond motifs is 3. The highest BCUT2D eigenvalue weighted by molar-refractivity contribution is 5.81. The highest BCUT2D eigenvalue weighted by Gasteiger charge is 2.43. The Kier molecular flexibility index (Phi) is 7.00. The molecular formula is C25H25F3N2O5. The predicted molar refractivity (Wildman–Crippen MR) is 120 cm³/mol. The van der Waals surface area contributed by atoms with Gasteiger partial charge >= 0.3 is 18.2 Å². The fourth-order valence-electron chi connectivity index (χ4n) is 4.63. The normalized spacial score (nSPS) is 19.6. The average Bonchev–Trinajstić information content (AvgIpc) is 3.10. The molecule has 0 heterocycles. The molecule has 0 aromatic heterocycles. The largest absolute Gasteiger partial charge is 0.481 e. The molecule has 0 saturated heterocycles. The van der Waals surface area contributed by atoms with Crippen molar-refractivity contribution in [3.8, 4) is 11.1 Å². The topological polar surface area (TPSA) is 105 Å². The molecule has 2 aliphatic carbocycles. The van der Waals surface area contributed by atoms with Crippen molar-refractivity contribution >= 4 is 18.0 Å². The minimum atomic E-state index is -4.74. The van der Waals surface area contributed by atoms with Crippen LogP contribution in [-0.4, -0.2) is 47.9 Å². The summed E-state index contributed by atoms with van der Waals surface area (Å²) in [7, 11) is 0. The summed E-state index contributed by atoms with van der Waals surface area (Å²) < 4.78 is 44.7. The molecular weight excluding hydrogens is 465 g/mol. The summed E-state index contributed by atoms with van der Waals surface area (Å²) in [5.41, 5.74) is 4.35. The van der Waals surface area contributed by atoms with E-state index in [9.17, 15) is 27.6 Å². The average molecular weight is 490 g/mol. The van der Waals surface area contributed by atoms with Crippen molar-refractivity contribution in [1.29, 1.82) is 0 Å². The fraction of sp³-hybridized carbons (Fsp3) is 0.400. The summed E-state index contributed by atoms with van der Waals surface area (Å²) in [5.74, 6) is -2.96. The van der Waals surface area contributed by atoms with E-state index in [0.717, 1.165) is 22.3 Å². The summed E-state index contributed by atoms with van der Waals surface area (Å²) in [6.45, 7) is 0.132. The van der Waals surface area contributed by atoms with E-state index in [4.69, 9.17) is 9.84 Å². The van der Waals surface area contributed by atoms with E-state index in [2.05, 4.69) is 5.32 Å². The molecule has 35 heavy (non-hydrogen) atoms. The summed E-state index contributed by atoms with van der Waals surface area (Å²) in [6.07, 6.45) is -6.47. The Hall–Kier alpha value is -3.56. The van der Waals surface area contributed by atoms with Crippen molar-refractivity contribution in [2.24, 2.45) is 5.92 Å². The lowest BCUT2D eigenvalue weighted by Crippen LogP contribution is -2.53. The molecule has 1 saturated carbocycles. The first-order valence-electron chi connectivity index (χ1n) is 11.3. The molecule has 1 atom stereocenters. The van der Waals surface area contributed by atoms with Crippen molar-refractivity contribution < 1.29 is 37.4 Å². The monoisotopic (exact) mass is 490 g/mol. The predicted octanol–water partition coefficient (Wildman–Crippen LogP) is 4.22. The van der Waals surface area contributed by atoms with Crippen LogP contribution in [0.2, 0.25) is 0 Å². The summed E-state index contributed by atoms with van der Waals surface area (Å²) in [4.78, 5) is 35.1. The number of benzene rings is 2. The molecule has 2 amide bonds. The van der Waals surface area contributed by atoms with Crippen LogP contribution < -0.4 is 10.6 Å². The van der Waals surface area contributed by atoms with Gasteiger partial charge in [0.25, 0.3) is 0 Å². The van der Waals surface area contributed by atoms with Crippen molar-refractivity contribution in [3.63, 3.8) is 0 Å². The van der Waals surface area contributed by atoms with Gasteiger partial charge in [0.05, 0.1) is 0 Å². The number of carbonyl (C=O) groups excluding carboxylic acids is 2.